The van der Waals surface area contributed by atoms with Crippen LogP contribution in [0.1, 0.15) is 39.6 Å². The van der Waals surface area contributed by atoms with E-state index in [1.165, 1.54) is 15.2 Å². The molecule has 0 aliphatic heterocycles. The Labute approximate surface area is 150 Å². The Hall–Kier alpha value is -3.16. The molecule has 1 unspecified atom stereocenters. The van der Waals surface area contributed by atoms with Crippen molar-refractivity contribution in [1.82, 2.24) is 24.3 Å². The van der Waals surface area contributed by atoms with Crippen LogP contribution >= 0.6 is 0 Å². The zero-order valence-corrected chi connectivity index (χ0v) is 15.1. The van der Waals surface area contributed by atoms with Crippen LogP contribution in [-0.2, 0) is 4.74 Å². The number of amides is 1. The van der Waals surface area contributed by atoms with E-state index in [1.54, 1.807) is 46.0 Å². The average molecular weight is 355 g/mol. The third-order valence-corrected chi connectivity index (χ3v) is 3.60. The summed E-state index contributed by atoms with van der Waals surface area (Å²) in [5.41, 5.74) is -0.288. The predicted octanol–water partition coefficient (Wildman–Crippen LogP) is 2.47. The first kappa shape index (κ1) is 17.7. The minimum absolute atomic E-state index is 0.273. The molecular formula is C18H21N5O3. The van der Waals surface area contributed by atoms with Gasteiger partial charge in [-0.1, -0.05) is 18.2 Å². The van der Waals surface area contributed by atoms with Crippen molar-refractivity contribution in [3.63, 3.8) is 0 Å². The van der Waals surface area contributed by atoms with Gasteiger partial charge in [0.05, 0.1) is 11.7 Å². The van der Waals surface area contributed by atoms with Gasteiger partial charge in [-0.25, -0.2) is 23.5 Å². The zero-order valence-electron chi connectivity index (χ0n) is 15.1. The topological polar surface area (TPSA) is 90.5 Å². The summed E-state index contributed by atoms with van der Waals surface area (Å²) in [6, 6.07) is 8.55. The number of aromatic nitrogens is 4. The molecule has 3 rings (SSSR count). The fourth-order valence-electron chi connectivity index (χ4n) is 2.54. The van der Waals surface area contributed by atoms with Crippen molar-refractivity contribution in [3.05, 3.63) is 59.0 Å². The first-order valence-corrected chi connectivity index (χ1v) is 8.27. The van der Waals surface area contributed by atoms with E-state index in [9.17, 15) is 9.59 Å². The molecule has 0 spiro atoms. The fraction of sp³-hybridized carbons (Fsp3) is 0.333. The third-order valence-electron chi connectivity index (χ3n) is 3.60. The van der Waals surface area contributed by atoms with E-state index in [-0.39, 0.29) is 11.5 Å². The van der Waals surface area contributed by atoms with Crippen LogP contribution in [0.3, 0.4) is 0 Å². The van der Waals surface area contributed by atoms with Crippen LogP contribution in [-0.4, -0.2) is 30.6 Å². The van der Waals surface area contributed by atoms with Crippen molar-refractivity contribution in [1.29, 1.82) is 0 Å². The van der Waals surface area contributed by atoms with Gasteiger partial charge in [0.25, 0.3) is 0 Å². The molecule has 2 heterocycles. The molecule has 0 radical (unpaired) electrons. The monoisotopic (exact) mass is 355 g/mol. The molecule has 8 heteroatoms. The normalized spacial score (nSPS) is 12.8. The molecule has 1 atom stereocenters. The quantitative estimate of drug-likeness (QED) is 0.779. The maximum atomic E-state index is 12.9. The van der Waals surface area contributed by atoms with Crippen LogP contribution < -0.4 is 11.0 Å². The molecule has 0 saturated heterocycles. The smallest absolute Gasteiger partial charge is 0.408 e. The third kappa shape index (κ3) is 3.58. The SMILES string of the molecule is CC(NC(=O)OC(C)(C)C)c1nc2nccn2c(=O)n1-c1ccccc1. The molecule has 1 N–H and O–H groups in total. The Morgan fingerprint density at radius 2 is 1.92 bits per heavy atom. The van der Waals surface area contributed by atoms with Gasteiger partial charge in [-0.2, -0.15) is 4.98 Å². The number of nitrogens with zero attached hydrogens (tertiary/aromatic N) is 4. The fourth-order valence-corrected chi connectivity index (χ4v) is 2.54. The van der Waals surface area contributed by atoms with Crippen LogP contribution in [0.5, 0.6) is 0 Å². The molecule has 0 aliphatic rings. The van der Waals surface area contributed by atoms with E-state index >= 15 is 0 Å². The summed E-state index contributed by atoms with van der Waals surface area (Å²) in [5, 5.41) is 2.73. The summed E-state index contributed by atoms with van der Waals surface area (Å²) in [6.45, 7) is 7.09. The number of hydrogen-bond donors (Lipinski definition) is 1. The molecule has 8 nitrogen and oxygen atoms in total. The molecule has 3 aromatic rings. The summed E-state index contributed by atoms with van der Waals surface area (Å²) in [4.78, 5) is 33.6. The largest absolute Gasteiger partial charge is 0.444 e. The molecule has 0 saturated carbocycles. The summed E-state index contributed by atoms with van der Waals surface area (Å²) >= 11 is 0. The second-order valence-corrected chi connectivity index (χ2v) is 6.89. The molecule has 136 valence electrons. The predicted molar refractivity (Wildman–Crippen MR) is 96.4 cm³/mol. The van der Waals surface area contributed by atoms with Crippen LogP contribution in [0.15, 0.2) is 47.5 Å². The molecule has 0 aliphatic carbocycles. The molecule has 1 amide bonds. The summed E-state index contributed by atoms with van der Waals surface area (Å²) in [6.07, 6.45) is 2.48. The minimum Gasteiger partial charge on any atom is -0.444 e. The Balaban J connectivity index is 2.07. The molecular weight excluding hydrogens is 334 g/mol. The Morgan fingerprint density at radius 1 is 1.23 bits per heavy atom. The number of carbonyl (C=O) groups excluding carboxylic acids is 1. The van der Waals surface area contributed by atoms with Crippen LogP contribution in [0.4, 0.5) is 4.79 Å². The van der Waals surface area contributed by atoms with Gasteiger partial charge >= 0.3 is 11.8 Å². The lowest BCUT2D eigenvalue weighted by molar-refractivity contribution is 0.0505. The van der Waals surface area contributed by atoms with Gasteiger partial charge in [0, 0.05) is 12.4 Å². The molecule has 2 aromatic heterocycles. The highest BCUT2D eigenvalue weighted by Crippen LogP contribution is 2.16. The van der Waals surface area contributed by atoms with Crippen molar-refractivity contribution in [2.45, 2.75) is 39.3 Å². The maximum Gasteiger partial charge on any atom is 0.408 e. The van der Waals surface area contributed by atoms with E-state index in [4.69, 9.17) is 4.74 Å². The number of ether oxygens (including phenoxy) is 1. The van der Waals surface area contributed by atoms with Crippen molar-refractivity contribution in [2.75, 3.05) is 0 Å². The lowest BCUT2D eigenvalue weighted by atomic mass is 10.2. The number of alkyl carbamates (subject to hydrolysis) is 1. The first-order valence-electron chi connectivity index (χ1n) is 8.27. The molecule has 1 aromatic carbocycles. The van der Waals surface area contributed by atoms with Gasteiger partial charge in [0.15, 0.2) is 0 Å². The lowest BCUT2D eigenvalue weighted by Crippen LogP contribution is -2.38. The molecule has 26 heavy (non-hydrogen) atoms. The van der Waals surface area contributed by atoms with Gasteiger partial charge in [0.2, 0.25) is 5.78 Å². The second kappa shape index (κ2) is 6.62. The Kier molecular flexibility index (Phi) is 4.50. The van der Waals surface area contributed by atoms with E-state index < -0.39 is 17.7 Å². The van der Waals surface area contributed by atoms with E-state index in [0.717, 1.165) is 0 Å². The van der Waals surface area contributed by atoms with Crippen molar-refractivity contribution >= 4 is 11.9 Å². The second-order valence-electron chi connectivity index (χ2n) is 6.89. The van der Waals surface area contributed by atoms with Gasteiger partial charge in [-0.05, 0) is 39.8 Å². The highest BCUT2D eigenvalue weighted by molar-refractivity contribution is 5.68. The van der Waals surface area contributed by atoms with Crippen LogP contribution in [0.25, 0.3) is 11.5 Å². The van der Waals surface area contributed by atoms with Crippen molar-refractivity contribution in [2.24, 2.45) is 0 Å². The van der Waals surface area contributed by atoms with Gasteiger partial charge in [0.1, 0.15) is 11.4 Å². The van der Waals surface area contributed by atoms with E-state index in [1.807, 2.05) is 18.2 Å². The van der Waals surface area contributed by atoms with Crippen molar-refractivity contribution < 1.29 is 9.53 Å². The standard InChI is InChI=1S/C18H21N5O3/c1-12(20-16(24)26-18(2,3)4)14-21-15-19-10-11-22(15)17(25)23(14)13-8-6-5-7-9-13/h5-12H,1-4H3,(H,20,24). The Morgan fingerprint density at radius 3 is 2.58 bits per heavy atom. The summed E-state index contributed by atoms with van der Waals surface area (Å²) in [5.74, 6) is 0.640. The Bertz CT molecular complexity index is 985. The zero-order chi connectivity index (χ0) is 18.9. The van der Waals surface area contributed by atoms with E-state index in [2.05, 4.69) is 15.3 Å². The first-order chi connectivity index (χ1) is 12.3. The number of benzene rings is 1. The van der Waals surface area contributed by atoms with Crippen molar-refractivity contribution in [3.8, 4) is 5.69 Å². The highest BCUT2D eigenvalue weighted by atomic mass is 16.6. The highest BCUT2D eigenvalue weighted by Gasteiger charge is 2.23. The maximum absolute atomic E-state index is 12.9. The lowest BCUT2D eigenvalue weighted by Gasteiger charge is -2.23. The molecule has 0 fully saturated rings. The number of fused-ring (bicyclic) bond motifs is 1. The number of carbonyl (C=O) groups is 1. The van der Waals surface area contributed by atoms with Gasteiger partial charge < -0.3 is 10.1 Å². The minimum atomic E-state index is -0.622. The summed E-state index contributed by atoms with van der Waals surface area (Å²) < 4.78 is 8.11. The number of para-hydroxylation sites is 1. The van der Waals surface area contributed by atoms with Crippen LogP contribution in [0.2, 0.25) is 0 Å². The number of nitrogens with one attached hydrogen (secondary N) is 1. The average Bonchev–Trinajstić information content (AvgIpc) is 3.02. The molecule has 0 bridgehead atoms. The van der Waals surface area contributed by atoms with Gasteiger partial charge in [-0.15, -0.1) is 0 Å². The number of hydrogen-bond acceptors (Lipinski definition) is 5. The number of imidazole rings is 1. The van der Waals surface area contributed by atoms with Crippen LogP contribution in [0, 0.1) is 0 Å². The summed E-state index contributed by atoms with van der Waals surface area (Å²) in [7, 11) is 0. The van der Waals surface area contributed by atoms with E-state index in [0.29, 0.717) is 11.5 Å². The number of rotatable bonds is 3. The van der Waals surface area contributed by atoms with Gasteiger partial charge in [-0.3, -0.25) is 0 Å².